The lowest BCUT2D eigenvalue weighted by Gasteiger charge is -2.06. The Morgan fingerprint density at radius 1 is 1.50 bits per heavy atom. The number of thiophene rings is 1. The van der Waals surface area contributed by atoms with E-state index in [1.54, 1.807) is 0 Å². The Morgan fingerprint density at radius 3 is 2.50 bits per heavy atom. The Labute approximate surface area is 64.3 Å². The van der Waals surface area contributed by atoms with E-state index in [0.717, 1.165) is 9.88 Å². The molecular weight excluding hydrogens is 144 g/mol. The summed E-state index contributed by atoms with van der Waals surface area (Å²) in [6.07, 6.45) is 0. The van der Waals surface area contributed by atoms with Gasteiger partial charge in [0.05, 0.1) is 5.00 Å². The van der Waals surface area contributed by atoms with Crippen molar-refractivity contribution >= 4 is 16.3 Å². The van der Waals surface area contributed by atoms with Crippen molar-refractivity contribution in [3.8, 4) is 6.07 Å². The van der Waals surface area contributed by atoms with Gasteiger partial charge < -0.3 is 4.90 Å². The van der Waals surface area contributed by atoms with Gasteiger partial charge in [0.25, 0.3) is 0 Å². The summed E-state index contributed by atoms with van der Waals surface area (Å²) in [5, 5.41) is 9.60. The molecule has 1 rings (SSSR count). The van der Waals surface area contributed by atoms with Crippen LogP contribution in [-0.2, 0) is 0 Å². The molecule has 1 aromatic heterocycles. The van der Waals surface area contributed by atoms with Crippen molar-refractivity contribution in [3.05, 3.63) is 17.0 Å². The molecule has 0 bridgehead atoms. The number of nitrogens with zero attached hydrogens (tertiary/aromatic N) is 2. The van der Waals surface area contributed by atoms with Gasteiger partial charge in [-0.05, 0) is 12.1 Å². The quantitative estimate of drug-likeness (QED) is 0.612. The third-order valence-electron chi connectivity index (χ3n) is 1.14. The van der Waals surface area contributed by atoms with E-state index in [0.29, 0.717) is 0 Å². The molecule has 0 aromatic carbocycles. The van der Waals surface area contributed by atoms with Crippen molar-refractivity contribution in [2.75, 3.05) is 19.0 Å². The van der Waals surface area contributed by atoms with Crippen molar-refractivity contribution in [2.45, 2.75) is 0 Å². The normalized spacial score (nSPS) is 8.90. The van der Waals surface area contributed by atoms with Crippen molar-refractivity contribution in [2.24, 2.45) is 0 Å². The average Bonchev–Trinajstić information content (AvgIpc) is 2.34. The van der Waals surface area contributed by atoms with E-state index in [-0.39, 0.29) is 0 Å². The maximum absolute atomic E-state index is 8.47. The molecule has 3 heteroatoms. The summed E-state index contributed by atoms with van der Waals surface area (Å²) >= 11 is 1.51. The predicted molar refractivity (Wildman–Crippen MR) is 43.4 cm³/mol. The number of anilines is 1. The minimum atomic E-state index is 0.767. The summed E-state index contributed by atoms with van der Waals surface area (Å²) in [7, 11) is 3.93. The zero-order valence-electron chi connectivity index (χ0n) is 5.96. The highest BCUT2D eigenvalue weighted by molar-refractivity contribution is 7.16. The first kappa shape index (κ1) is 7.10. The molecule has 1 heterocycles. The van der Waals surface area contributed by atoms with Gasteiger partial charge in [0, 0.05) is 14.1 Å². The maximum atomic E-state index is 8.47. The fraction of sp³-hybridized carbons (Fsp3) is 0.286. The monoisotopic (exact) mass is 152 g/mol. The zero-order valence-corrected chi connectivity index (χ0v) is 6.77. The summed E-state index contributed by atoms with van der Waals surface area (Å²) in [4.78, 5) is 2.76. The van der Waals surface area contributed by atoms with Gasteiger partial charge in [-0.3, -0.25) is 0 Å². The predicted octanol–water partition coefficient (Wildman–Crippen LogP) is 1.69. The lowest BCUT2D eigenvalue weighted by Crippen LogP contribution is -2.05. The highest BCUT2D eigenvalue weighted by Crippen LogP contribution is 2.22. The lowest BCUT2D eigenvalue weighted by atomic mass is 10.5. The Hall–Kier alpha value is -1.01. The van der Waals surface area contributed by atoms with Crippen molar-refractivity contribution in [3.63, 3.8) is 0 Å². The summed E-state index contributed by atoms with van der Waals surface area (Å²) in [5.41, 5.74) is 0. The fourth-order valence-corrected chi connectivity index (χ4v) is 1.35. The van der Waals surface area contributed by atoms with Gasteiger partial charge in [-0.1, -0.05) is 0 Å². The maximum Gasteiger partial charge on any atom is 0.110 e. The molecule has 0 N–H and O–H groups in total. The van der Waals surface area contributed by atoms with E-state index in [2.05, 4.69) is 6.07 Å². The second kappa shape index (κ2) is 2.72. The minimum absolute atomic E-state index is 0.767. The van der Waals surface area contributed by atoms with Crippen LogP contribution in [-0.4, -0.2) is 14.1 Å². The highest BCUT2D eigenvalue weighted by atomic mass is 32.1. The van der Waals surface area contributed by atoms with Gasteiger partial charge in [-0.2, -0.15) is 5.26 Å². The van der Waals surface area contributed by atoms with E-state index in [1.165, 1.54) is 11.3 Å². The summed E-state index contributed by atoms with van der Waals surface area (Å²) in [6.45, 7) is 0. The van der Waals surface area contributed by atoms with Crippen LogP contribution in [0.15, 0.2) is 12.1 Å². The van der Waals surface area contributed by atoms with Crippen LogP contribution in [0.2, 0.25) is 0 Å². The zero-order chi connectivity index (χ0) is 7.56. The third kappa shape index (κ3) is 1.28. The van der Waals surface area contributed by atoms with Gasteiger partial charge in [-0.25, -0.2) is 0 Å². The van der Waals surface area contributed by atoms with Crippen molar-refractivity contribution in [1.82, 2.24) is 0 Å². The van der Waals surface area contributed by atoms with E-state index < -0.39 is 0 Å². The van der Waals surface area contributed by atoms with Crippen LogP contribution in [0.25, 0.3) is 0 Å². The topological polar surface area (TPSA) is 27.0 Å². The van der Waals surface area contributed by atoms with E-state index >= 15 is 0 Å². The molecule has 0 aliphatic rings. The van der Waals surface area contributed by atoms with Crippen LogP contribution in [0.4, 0.5) is 5.00 Å². The van der Waals surface area contributed by atoms with Gasteiger partial charge in [0.2, 0.25) is 0 Å². The second-order valence-corrected chi connectivity index (χ2v) is 3.21. The van der Waals surface area contributed by atoms with Crippen molar-refractivity contribution in [1.29, 1.82) is 5.26 Å². The molecule has 0 fully saturated rings. The Balaban J connectivity index is 2.91. The number of hydrogen-bond acceptors (Lipinski definition) is 3. The molecular formula is C7H8N2S. The van der Waals surface area contributed by atoms with Crippen LogP contribution in [0.1, 0.15) is 4.88 Å². The van der Waals surface area contributed by atoms with Gasteiger partial charge in [0.15, 0.2) is 0 Å². The van der Waals surface area contributed by atoms with Crippen LogP contribution in [0.5, 0.6) is 0 Å². The first-order valence-electron chi connectivity index (χ1n) is 2.91. The number of nitriles is 1. The molecule has 0 unspecified atom stereocenters. The van der Waals surface area contributed by atoms with Crippen LogP contribution >= 0.6 is 11.3 Å². The molecule has 0 atom stereocenters. The van der Waals surface area contributed by atoms with Crippen LogP contribution in [0.3, 0.4) is 0 Å². The molecule has 0 saturated carbocycles. The summed E-state index contributed by atoms with van der Waals surface area (Å²) in [6, 6.07) is 5.88. The fourth-order valence-electron chi connectivity index (χ4n) is 0.628. The molecule has 0 aliphatic carbocycles. The molecule has 10 heavy (non-hydrogen) atoms. The SMILES string of the molecule is CN(C)c1ccc(C#N)s1. The molecule has 0 amide bonds. The van der Waals surface area contributed by atoms with E-state index in [1.807, 2.05) is 31.1 Å². The number of rotatable bonds is 1. The largest absolute Gasteiger partial charge is 0.370 e. The molecule has 52 valence electrons. The molecule has 1 aromatic rings. The molecule has 2 nitrogen and oxygen atoms in total. The smallest absolute Gasteiger partial charge is 0.110 e. The molecule has 0 radical (unpaired) electrons. The van der Waals surface area contributed by atoms with E-state index in [9.17, 15) is 0 Å². The summed E-state index contributed by atoms with van der Waals surface area (Å²) in [5.74, 6) is 0. The molecule has 0 aliphatic heterocycles. The average molecular weight is 152 g/mol. The molecule has 0 saturated heterocycles. The van der Waals surface area contributed by atoms with Crippen LogP contribution < -0.4 is 4.90 Å². The van der Waals surface area contributed by atoms with Gasteiger partial charge in [-0.15, -0.1) is 11.3 Å². The Morgan fingerprint density at radius 2 is 2.20 bits per heavy atom. The van der Waals surface area contributed by atoms with Crippen molar-refractivity contribution < 1.29 is 0 Å². The third-order valence-corrected chi connectivity index (χ3v) is 2.30. The highest BCUT2D eigenvalue weighted by Gasteiger charge is 1.98. The first-order valence-corrected chi connectivity index (χ1v) is 3.73. The van der Waals surface area contributed by atoms with Gasteiger partial charge >= 0.3 is 0 Å². The Bertz CT molecular complexity index is 257. The second-order valence-electron chi connectivity index (χ2n) is 2.14. The number of hydrogen-bond donors (Lipinski definition) is 0. The Kier molecular flexibility index (Phi) is 1.93. The van der Waals surface area contributed by atoms with Crippen LogP contribution in [0, 0.1) is 11.3 Å². The minimum Gasteiger partial charge on any atom is -0.370 e. The lowest BCUT2D eigenvalue weighted by molar-refractivity contribution is 1.16. The molecule has 0 spiro atoms. The van der Waals surface area contributed by atoms with Gasteiger partial charge in [0.1, 0.15) is 10.9 Å². The summed E-state index contributed by atoms with van der Waals surface area (Å²) < 4.78 is 0. The standard InChI is InChI=1S/C7H8N2S/c1-9(2)7-4-3-6(5-8)10-7/h3-4H,1-2H3. The van der Waals surface area contributed by atoms with E-state index in [4.69, 9.17) is 5.26 Å². The first-order chi connectivity index (χ1) is 4.74.